The molecule has 2 aliphatic rings. The number of benzene rings is 2. The maximum absolute atomic E-state index is 12.8. The van der Waals surface area contributed by atoms with Crippen molar-refractivity contribution >= 4 is 6.03 Å². The van der Waals surface area contributed by atoms with Crippen LogP contribution in [0.1, 0.15) is 37.4 Å². The van der Waals surface area contributed by atoms with E-state index >= 15 is 0 Å². The van der Waals surface area contributed by atoms with Crippen LogP contribution in [0.25, 0.3) is 0 Å². The van der Waals surface area contributed by atoms with Crippen LogP contribution in [0.15, 0.2) is 36.4 Å². The SMILES string of the molecule is CCN(Cc1ccc2c(c1)OCO2)C(=O)NC(C)c1ccc2c(c1)OCCCO2. The minimum atomic E-state index is -0.162. The van der Waals surface area contributed by atoms with Crippen LogP contribution >= 0.6 is 0 Å². The van der Waals surface area contributed by atoms with Gasteiger partial charge in [-0.15, -0.1) is 0 Å². The highest BCUT2D eigenvalue weighted by molar-refractivity contribution is 5.74. The van der Waals surface area contributed by atoms with Crippen molar-refractivity contribution in [3.05, 3.63) is 47.5 Å². The summed E-state index contributed by atoms with van der Waals surface area (Å²) in [5.41, 5.74) is 1.97. The molecule has 0 bridgehead atoms. The van der Waals surface area contributed by atoms with E-state index in [1.165, 1.54) is 0 Å². The van der Waals surface area contributed by atoms with Crippen molar-refractivity contribution in [3.63, 3.8) is 0 Å². The zero-order valence-corrected chi connectivity index (χ0v) is 16.8. The quantitative estimate of drug-likeness (QED) is 0.828. The van der Waals surface area contributed by atoms with Gasteiger partial charge in [0, 0.05) is 19.5 Å². The molecule has 29 heavy (non-hydrogen) atoms. The molecule has 2 aliphatic heterocycles. The third kappa shape index (κ3) is 4.34. The van der Waals surface area contributed by atoms with Crippen molar-refractivity contribution in [1.82, 2.24) is 10.2 Å². The fourth-order valence-corrected chi connectivity index (χ4v) is 3.40. The number of hydrogen-bond donors (Lipinski definition) is 1. The Morgan fingerprint density at radius 2 is 1.69 bits per heavy atom. The molecule has 7 heteroatoms. The van der Waals surface area contributed by atoms with Gasteiger partial charge in [0.05, 0.1) is 19.3 Å². The Kier molecular flexibility index (Phi) is 5.64. The molecule has 154 valence electrons. The lowest BCUT2D eigenvalue weighted by Gasteiger charge is -2.24. The van der Waals surface area contributed by atoms with Crippen molar-refractivity contribution in [3.8, 4) is 23.0 Å². The Morgan fingerprint density at radius 1 is 1.00 bits per heavy atom. The normalized spacial score (nSPS) is 15.4. The first-order chi connectivity index (χ1) is 14.1. The van der Waals surface area contributed by atoms with Gasteiger partial charge in [-0.1, -0.05) is 12.1 Å². The molecule has 7 nitrogen and oxygen atoms in total. The lowest BCUT2D eigenvalue weighted by Crippen LogP contribution is -2.40. The van der Waals surface area contributed by atoms with E-state index in [1.54, 1.807) is 4.90 Å². The summed E-state index contributed by atoms with van der Waals surface area (Å²) in [6.07, 6.45) is 0.863. The number of rotatable bonds is 5. The average molecular weight is 398 g/mol. The van der Waals surface area contributed by atoms with E-state index in [-0.39, 0.29) is 18.9 Å². The number of carbonyl (C=O) groups excluding carboxylic acids is 1. The lowest BCUT2D eigenvalue weighted by atomic mass is 10.1. The number of carbonyl (C=O) groups is 1. The first-order valence-corrected chi connectivity index (χ1v) is 9.97. The minimum absolute atomic E-state index is 0.121. The van der Waals surface area contributed by atoms with Gasteiger partial charge in [-0.2, -0.15) is 0 Å². The second-order valence-electron chi connectivity index (χ2n) is 7.13. The summed E-state index contributed by atoms with van der Waals surface area (Å²) in [6.45, 7) is 6.54. The standard InChI is InChI=1S/C22H26N2O5/c1-3-24(13-16-5-7-19-20(11-16)29-14-28-19)22(25)23-15(2)17-6-8-18-21(12-17)27-10-4-9-26-18/h5-8,11-12,15H,3-4,9-10,13-14H2,1-2H3,(H,23,25). The van der Waals surface area contributed by atoms with E-state index in [2.05, 4.69) is 5.32 Å². The van der Waals surface area contributed by atoms with Crippen molar-refractivity contribution < 1.29 is 23.7 Å². The van der Waals surface area contributed by atoms with Crippen molar-refractivity contribution in [2.75, 3.05) is 26.6 Å². The summed E-state index contributed by atoms with van der Waals surface area (Å²) in [4.78, 5) is 14.6. The molecule has 2 amide bonds. The molecular formula is C22H26N2O5. The molecule has 1 atom stereocenters. The van der Waals surface area contributed by atoms with E-state index < -0.39 is 0 Å². The Bertz CT molecular complexity index is 886. The van der Waals surface area contributed by atoms with Crippen LogP contribution in [-0.2, 0) is 6.54 Å². The van der Waals surface area contributed by atoms with E-state index in [0.717, 1.165) is 40.5 Å². The average Bonchev–Trinajstić information content (AvgIpc) is 3.07. The number of nitrogens with zero attached hydrogens (tertiary/aromatic N) is 1. The van der Waals surface area contributed by atoms with Gasteiger partial charge in [-0.3, -0.25) is 0 Å². The summed E-state index contributed by atoms with van der Waals surface area (Å²) in [5.74, 6) is 2.94. The lowest BCUT2D eigenvalue weighted by molar-refractivity contribution is 0.173. The van der Waals surface area contributed by atoms with E-state index in [9.17, 15) is 4.79 Å². The van der Waals surface area contributed by atoms with Gasteiger partial charge in [0.25, 0.3) is 0 Å². The zero-order chi connectivity index (χ0) is 20.2. The molecule has 0 saturated carbocycles. The van der Waals surface area contributed by atoms with Gasteiger partial charge in [0.15, 0.2) is 23.0 Å². The van der Waals surface area contributed by atoms with Crippen molar-refractivity contribution in [1.29, 1.82) is 0 Å². The van der Waals surface area contributed by atoms with Gasteiger partial charge < -0.3 is 29.2 Å². The first-order valence-electron chi connectivity index (χ1n) is 9.97. The topological polar surface area (TPSA) is 69.3 Å². The van der Waals surface area contributed by atoms with Crippen LogP contribution in [0.5, 0.6) is 23.0 Å². The fourth-order valence-electron chi connectivity index (χ4n) is 3.40. The summed E-state index contributed by atoms with van der Waals surface area (Å²) in [6, 6.07) is 11.3. The Morgan fingerprint density at radius 3 is 2.52 bits per heavy atom. The highest BCUT2D eigenvalue weighted by Gasteiger charge is 2.19. The molecule has 2 heterocycles. The molecule has 2 aromatic carbocycles. The van der Waals surface area contributed by atoms with Crippen LogP contribution in [-0.4, -0.2) is 37.5 Å². The molecule has 0 radical (unpaired) electrons. The molecule has 4 rings (SSSR count). The molecular weight excluding hydrogens is 372 g/mol. The molecule has 0 saturated heterocycles. The Hall–Kier alpha value is -3.09. The van der Waals surface area contributed by atoms with E-state index in [0.29, 0.717) is 26.3 Å². The van der Waals surface area contributed by atoms with Gasteiger partial charge in [0.1, 0.15) is 0 Å². The molecule has 1 N–H and O–H groups in total. The highest BCUT2D eigenvalue weighted by atomic mass is 16.7. The predicted molar refractivity (Wildman–Crippen MR) is 108 cm³/mol. The Balaban J connectivity index is 1.41. The zero-order valence-electron chi connectivity index (χ0n) is 16.8. The van der Waals surface area contributed by atoms with Gasteiger partial charge in [-0.25, -0.2) is 4.79 Å². The fraction of sp³-hybridized carbons (Fsp3) is 0.409. The van der Waals surface area contributed by atoms with Gasteiger partial charge >= 0.3 is 6.03 Å². The number of fused-ring (bicyclic) bond motifs is 2. The number of ether oxygens (including phenoxy) is 4. The predicted octanol–water partition coefficient (Wildman–Crippen LogP) is 3.87. The number of hydrogen-bond acceptors (Lipinski definition) is 5. The number of urea groups is 1. The third-order valence-corrected chi connectivity index (χ3v) is 5.09. The summed E-state index contributed by atoms with van der Waals surface area (Å²) in [7, 11) is 0. The largest absolute Gasteiger partial charge is 0.490 e. The number of nitrogens with one attached hydrogen (secondary N) is 1. The van der Waals surface area contributed by atoms with Gasteiger partial charge in [-0.05, 0) is 49.2 Å². The minimum Gasteiger partial charge on any atom is -0.490 e. The second-order valence-corrected chi connectivity index (χ2v) is 7.13. The van der Waals surface area contributed by atoms with Crippen LogP contribution in [0.2, 0.25) is 0 Å². The van der Waals surface area contributed by atoms with Crippen LogP contribution < -0.4 is 24.3 Å². The smallest absolute Gasteiger partial charge is 0.318 e. The molecule has 0 fully saturated rings. The summed E-state index contributed by atoms with van der Waals surface area (Å²) < 4.78 is 22.2. The number of amides is 2. The molecule has 2 aromatic rings. The maximum atomic E-state index is 12.8. The van der Waals surface area contributed by atoms with Crippen molar-refractivity contribution in [2.45, 2.75) is 32.9 Å². The maximum Gasteiger partial charge on any atom is 0.318 e. The van der Waals surface area contributed by atoms with E-state index in [1.807, 2.05) is 50.2 Å². The second kappa shape index (κ2) is 8.51. The molecule has 0 aromatic heterocycles. The van der Waals surface area contributed by atoms with Gasteiger partial charge in [0.2, 0.25) is 6.79 Å². The first kappa shape index (κ1) is 19.2. The Labute approximate surface area is 170 Å². The van der Waals surface area contributed by atoms with Crippen LogP contribution in [0.3, 0.4) is 0 Å². The molecule has 0 aliphatic carbocycles. The molecule has 0 spiro atoms. The third-order valence-electron chi connectivity index (χ3n) is 5.09. The highest BCUT2D eigenvalue weighted by Crippen LogP contribution is 2.33. The van der Waals surface area contributed by atoms with E-state index in [4.69, 9.17) is 18.9 Å². The van der Waals surface area contributed by atoms with Crippen molar-refractivity contribution in [2.24, 2.45) is 0 Å². The van der Waals surface area contributed by atoms with Crippen LogP contribution in [0, 0.1) is 0 Å². The summed E-state index contributed by atoms with van der Waals surface area (Å²) in [5, 5.41) is 3.08. The summed E-state index contributed by atoms with van der Waals surface area (Å²) >= 11 is 0. The monoisotopic (exact) mass is 398 g/mol. The molecule has 1 unspecified atom stereocenters. The van der Waals surface area contributed by atoms with Crippen LogP contribution in [0.4, 0.5) is 4.79 Å².